The van der Waals surface area contributed by atoms with E-state index in [0.717, 1.165) is 30.1 Å². The van der Waals surface area contributed by atoms with Gasteiger partial charge in [-0.05, 0) is 25.5 Å². The Labute approximate surface area is 101 Å². The first-order valence-corrected chi connectivity index (χ1v) is 5.79. The van der Waals surface area contributed by atoms with E-state index in [-0.39, 0.29) is 0 Å². The number of ether oxygens (including phenoxy) is 1. The Hall–Kier alpha value is -1.84. The van der Waals surface area contributed by atoms with E-state index in [4.69, 9.17) is 4.74 Å². The summed E-state index contributed by atoms with van der Waals surface area (Å²) in [6, 6.07) is 6.08. The van der Waals surface area contributed by atoms with E-state index in [1.807, 2.05) is 12.1 Å². The van der Waals surface area contributed by atoms with Gasteiger partial charge in [0, 0.05) is 6.54 Å². The Morgan fingerprint density at radius 3 is 2.88 bits per heavy atom. The fourth-order valence-corrected chi connectivity index (χ4v) is 1.86. The molecule has 0 fully saturated rings. The molecule has 2 aromatic rings. The maximum absolute atomic E-state index is 5.38. The minimum absolute atomic E-state index is 0.834. The molecule has 0 aliphatic rings. The van der Waals surface area contributed by atoms with E-state index in [1.165, 1.54) is 5.56 Å². The fourth-order valence-electron chi connectivity index (χ4n) is 1.86. The zero-order valence-corrected chi connectivity index (χ0v) is 10.5. The van der Waals surface area contributed by atoms with Crippen LogP contribution in [0.1, 0.15) is 18.9 Å². The summed E-state index contributed by atoms with van der Waals surface area (Å²) in [5, 5.41) is 8.17. The molecule has 0 aliphatic heterocycles. The van der Waals surface area contributed by atoms with E-state index < -0.39 is 0 Å². The van der Waals surface area contributed by atoms with Gasteiger partial charge in [-0.2, -0.15) is 0 Å². The van der Waals surface area contributed by atoms with Crippen molar-refractivity contribution in [3.8, 4) is 17.1 Å². The van der Waals surface area contributed by atoms with E-state index in [9.17, 15) is 0 Å². The second-order valence-corrected chi connectivity index (χ2v) is 4.05. The molecule has 4 nitrogen and oxygen atoms in total. The SMILES string of the molecule is CCCn1cnnc1-c1cc(C)ccc1OC. The van der Waals surface area contributed by atoms with Gasteiger partial charge >= 0.3 is 0 Å². The number of benzene rings is 1. The lowest BCUT2D eigenvalue weighted by Crippen LogP contribution is -2.00. The summed E-state index contributed by atoms with van der Waals surface area (Å²) >= 11 is 0. The van der Waals surface area contributed by atoms with Gasteiger partial charge in [0.1, 0.15) is 12.1 Å². The summed E-state index contributed by atoms with van der Waals surface area (Å²) in [4.78, 5) is 0. The number of nitrogens with zero attached hydrogens (tertiary/aromatic N) is 3. The molecule has 90 valence electrons. The van der Waals surface area contributed by atoms with Crippen molar-refractivity contribution in [2.75, 3.05) is 7.11 Å². The van der Waals surface area contributed by atoms with Crippen LogP contribution in [0, 0.1) is 6.92 Å². The molecule has 1 aromatic carbocycles. The van der Waals surface area contributed by atoms with Gasteiger partial charge in [0.15, 0.2) is 5.82 Å². The number of aromatic nitrogens is 3. The molecular weight excluding hydrogens is 214 g/mol. The van der Waals surface area contributed by atoms with E-state index >= 15 is 0 Å². The monoisotopic (exact) mass is 231 g/mol. The van der Waals surface area contributed by atoms with Crippen LogP contribution in [-0.2, 0) is 6.54 Å². The van der Waals surface area contributed by atoms with Gasteiger partial charge in [-0.1, -0.05) is 18.6 Å². The molecule has 0 aliphatic carbocycles. The Bertz CT molecular complexity index is 505. The third-order valence-electron chi connectivity index (χ3n) is 2.68. The first-order chi connectivity index (χ1) is 8.26. The van der Waals surface area contributed by atoms with Gasteiger partial charge in [-0.25, -0.2) is 0 Å². The molecule has 4 heteroatoms. The Balaban J connectivity index is 2.51. The number of aryl methyl sites for hydroxylation is 2. The minimum Gasteiger partial charge on any atom is -0.496 e. The minimum atomic E-state index is 0.834. The van der Waals surface area contributed by atoms with Gasteiger partial charge in [-0.15, -0.1) is 10.2 Å². The third-order valence-corrected chi connectivity index (χ3v) is 2.68. The highest BCUT2D eigenvalue weighted by molar-refractivity contribution is 5.65. The number of hydrogen-bond acceptors (Lipinski definition) is 3. The molecule has 2 rings (SSSR count). The number of methoxy groups -OCH3 is 1. The molecule has 0 atom stereocenters. The summed E-state index contributed by atoms with van der Waals surface area (Å²) < 4.78 is 7.43. The van der Waals surface area contributed by atoms with Crippen molar-refractivity contribution >= 4 is 0 Å². The molecule has 0 radical (unpaired) electrons. The molecule has 0 saturated heterocycles. The summed E-state index contributed by atoms with van der Waals surface area (Å²) in [5.74, 6) is 1.70. The highest BCUT2D eigenvalue weighted by Crippen LogP contribution is 2.29. The first-order valence-electron chi connectivity index (χ1n) is 5.79. The maximum Gasteiger partial charge on any atom is 0.167 e. The molecule has 0 bridgehead atoms. The quantitative estimate of drug-likeness (QED) is 0.812. The van der Waals surface area contributed by atoms with Crippen LogP contribution < -0.4 is 4.74 Å². The molecule has 0 unspecified atom stereocenters. The molecule has 0 spiro atoms. The standard InChI is InChI=1S/C13H17N3O/c1-4-7-16-9-14-15-13(16)11-8-10(2)5-6-12(11)17-3/h5-6,8-9H,4,7H2,1-3H3. The largest absolute Gasteiger partial charge is 0.496 e. The van der Waals surface area contributed by atoms with Crippen LogP contribution in [-0.4, -0.2) is 21.9 Å². The molecule has 0 amide bonds. The van der Waals surface area contributed by atoms with Gasteiger partial charge < -0.3 is 9.30 Å². The zero-order valence-electron chi connectivity index (χ0n) is 10.5. The van der Waals surface area contributed by atoms with Crippen LogP contribution in [0.4, 0.5) is 0 Å². The van der Waals surface area contributed by atoms with Crippen molar-refractivity contribution in [1.82, 2.24) is 14.8 Å². The van der Waals surface area contributed by atoms with Crippen LogP contribution in [0.25, 0.3) is 11.4 Å². The summed E-state index contributed by atoms with van der Waals surface area (Å²) in [6.07, 6.45) is 2.82. The third kappa shape index (κ3) is 2.30. The van der Waals surface area contributed by atoms with Crippen molar-refractivity contribution in [3.63, 3.8) is 0 Å². The van der Waals surface area contributed by atoms with Gasteiger partial charge in [0.2, 0.25) is 0 Å². The predicted molar refractivity (Wildman–Crippen MR) is 67.0 cm³/mol. The van der Waals surface area contributed by atoms with Crippen molar-refractivity contribution in [2.45, 2.75) is 26.8 Å². The second-order valence-electron chi connectivity index (χ2n) is 4.05. The van der Waals surface area contributed by atoms with Gasteiger partial charge in [-0.3, -0.25) is 0 Å². The van der Waals surface area contributed by atoms with Gasteiger partial charge in [0.25, 0.3) is 0 Å². The van der Waals surface area contributed by atoms with E-state index in [0.29, 0.717) is 0 Å². The molecular formula is C13H17N3O. The highest BCUT2D eigenvalue weighted by atomic mass is 16.5. The molecule has 1 aromatic heterocycles. The topological polar surface area (TPSA) is 39.9 Å². The summed E-state index contributed by atoms with van der Waals surface area (Å²) in [6.45, 7) is 5.11. The van der Waals surface area contributed by atoms with Crippen LogP contribution in [0.2, 0.25) is 0 Å². The van der Waals surface area contributed by atoms with Crippen LogP contribution in [0.3, 0.4) is 0 Å². The zero-order chi connectivity index (χ0) is 12.3. The summed E-state index contributed by atoms with van der Waals surface area (Å²) in [5.41, 5.74) is 2.19. The predicted octanol–water partition coefficient (Wildman–Crippen LogP) is 2.67. The van der Waals surface area contributed by atoms with E-state index in [1.54, 1.807) is 13.4 Å². The molecule has 17 heavy (non-hydrogen) atoms. The summed E-state index contributed by atoms with van der Waals surface area (Å²) in [7, 11) is 1.68. The van der Waals surface area contributed by atoms with Gasteiger partial charge in [0.05, 0.1) is 12.7 Å². The molecule has 1 heterocycles. The first kappa shape index (κ1) is 11.6. The van der Waals surface area contributed by atoms with Crippen LogP contribution in [0.5, 0.6) is 5.75 Å². The highest BCUT2D eigenvalue weighted by Gasteiger charge is 2.12. The van der Waals surface area contributed by atoms with Crippen molar-refractivity contribution < 1.29 is 4.74 Å². The van der Waals surface area contributed by atoms with Crippen LogP contribution in [0.15, 0.2) is 24.5 Å². The average Bonchev–Trinajstić information content (AvgIpc) is 2.77. The molecule has 0 saturated carbocycles. The lowest BCUT2D eigenvalue weighted by atomic mass is 10.1. The van der Waals surface area contributed by atoms with Crippen molar-refractivity contribution in [1.29, 1.82) is 0 Å². The lowest BCUT2D eigenvalue weighted by Gasteiger charge is -2.10. The number of rotatable bonds is 4. The fraction of sp³-hybridized carbons (Fsp3) is 0.385. The number of hydrogen-bond donors (Lipinski definition) is 0. The van der Waals surface area contributed by atoms with Crippen molar-refractivity contribution in [2.24, 2.45) is 0 Å². The Kier molecular flexibility index (Phi) is 3.42. The smallest absolute Gasteiger partial charge is 0.167 e. The van der Waals surface area contributed by atoms with Crippen molar-refractivity contribution in [3.05, 3.63) is 30.1 Å². The van der Waals surface area contributed by atoms with Crippen LogP contribution >= 0.6 is 0 Å². The van der Waals surface area contributed by atoms with E-state index in [2.05, 4.69) is 34.7 Å². The second kappa shape index (κ2) is 4.99. The molecule has 0 N–H and O–H groups in total. The maximum atomic E-state index is 5.38. The average molecular weight is 231 g/mol. The Morgan fingerprint density at radius 2 is 2.18 bits per heavy atom. The lowest BCUT2D eigenvalue weighted by molar-refractivity contribution is 0.415. The Morgan fingerprint density at radius 1 is 1.35 bits per heavy atom. The normalized spacial score (nSPS) is 10.5.